The van der Waals surface area contributed by atoms with E-state index in [1.165, 1.54) is 0 Å². The number of ketones is 1. The number of carbonyl (C=O) groups is 2. The maximum atomic E-state index is 13.1. The normalized spacial score (nSPS) is 31.3. The number of thiazole rings is 1. The fourth-order valence-corrected chi connectivity index (χ4v) is 4.64. The standard InChI is InChI=1S/C27H39NO5S/c1-16-9-8-10-17(2)25(31)19(4)26(32)27(6,7)23(29)14-24(30)33-22(12-11-16)18(3)13-21-15-34-20(5)28-21/h10-11,13,15,19,22-23,25,29,31H,8-9,12,14H2,1-7H3/b16-11-,17-10+,18-13+/t19-,22+,23+,25+/m1/s1. The molecule has 0 amide bonds. The smallest absolute Gasteiger partial charge is 0.309 e. The highest BCUT2D eigenvalue weighted by atomic mass is 32.1. The van der Waals surface area contributed by atoms with E-state index in [0.717, 1.165) is 40.3 Å². The molecule has 1 aromatic rings. The second-order valence-electron chi connectivity index (χ2n) is 9.97. The molecule has 0 saturated heterocycles. The molecule has 0 aromatic carbocycles. The van der Waals surface area contributed by atoms with Gasteiger partial charge in [0.1, 0.15) is 11.9 Å². The average molecular weight is 490 g/mol. The van der Waals surface area contributed by atoms with Gasteiger partial charge in [-0.1, -0.05) is 38.5 Å². The van der Waals surface area contributed by atoms with Crippen molar-refractivity contribution in [2.45, 2.75) is 92.5 Å². The molecule has 0 unspecified atom stereocenters. The number of hydrogen-bond acceptors (Lipinski definition) is 7. The Bertz CT molecular complexity index is 971. The molecule has 1 aliphatic rings. The van der Waals surface area contributed by atoms with Crippen LogP contribution in [-0.2, 0) is 14.3 Å². The summed E-state index contributed by atoms with van der Waals surface area (Å²) in [4.78, 5) is 30.4. The Hall–Kier alpha value is -2.09. The third kappa shape index (κ3) is 7.45. The third-order valence-corrected chi connectivity index (χ3v) is 7.45. The lowest BCUT2D eigenvalue weighted by molar-refractivity contribution is -0.153. The molecule has 0 aliphatic carbocycles. The van der Waals surface area contributed by atoms with Gasteiger partial charge in [-0.15, -0.1) is 11.3 Å². The zero-order valence-corrected chi connectivity index (χ0v) is 22.2. The molecule has 1 aliphatic heterocycles. The first-order chi connectivity index (χ1) is 15.8. The van der Waals surface area contributed by atoms with Crippen LogP contribution in [0, 0.1) is 18.3 Å². The molecule has 0 saturated carbocycles. The molecule has 0 bridgehead atoms. The summed E-state index contributed by atoms with van der Waals surface area (Å²) >= 11 is 1.56. The Labute approximate surface area is 207 Å². The highest BCUT2D eigenvalue weighted by Gasteiger charge is 2.41. The largest absolute Gasteiger partial charge is 0.457 e. The van der Waals surface area contributed by atoms with Gasteiger partial charge in [0, 0.05) is 17.7 Å². The van der Waals surface area contributed by atoms with E-state index in [9.17, 15) is 19.8 Å². The van der Waals surface area contributed by atoms with Gasteiger partial charge in [0.25, 0.3) is 0 Å². The summed E-state index contributed by atoms with van der Waals surface area (Å²) in [7, 11) is 0. The summed E-state index contributed by atoms with van der Waals surface area (Å²) in [6.45, 7) is 12.6. The van der Waals surface area contributed by atoms with Crippen LogP contribution < -0.4 is 0 Å². The quantitative estimate of drug-likeness (QED) is 0.439. The van der Waals surface area contributed by atoms with E-state index < -0.39 is 35.6 Å². The molecule has 0 fully saturated rings. The molecular formula is C27H39NO5S. The van der Waals surface area contributed by atoms with Crippen molar-refractivity contribution in [1.82, 2.24) is 4.98 Å². The van der Waals surface area contributed by atoms with Crippen LogP contribution in [0.3, 0.4) is 0 Å². The fourth-order valence-electron chi connectivity index (χ4n) is 4.07. The number of aromatic nitrogens is 1. The Balaban J connectivity index is 2.37. The first-order valence-electron chi connectivity index (χ1n) is 11.9. The minimum absolute atomic E-state index is 0.289. The Kier molecular flexibility index (Phi) is 9.97. The second-order valence-corrected chi connectivity index (χ2v) is 11.0. The van der Waals surface area contributed by atoms with E-state index in [-0.39, 0.29) is 12.2 Å². The molecule has 34 heavy (non-hydrogen) atoms. The Morgan fingerprint density at radius 2 is 1.88 bits per heavy atom. The Morgan fingerprint density at radius 1 is 1.21 bits per heavy atom. The summed E-state index contributed by atoms with van der Waals surface area (Å²) in [5.41, 5.74) is 2.35. The van der Waals surface area contributed by atoms with Crippen LogP contribution in [0.15, 0.2) is 34.3 Å². The zero-order chi connectivity index (χ0) is 25.6. The van der Waals surface area contributed by atoms with E-state index >= 15 is 0 Å². The van der Waals surface area contributed by atoms with E-state index in [0.29, 0.717) is 6.42 Å². The van der Waals surface area contributed by atoms with Gasteiger partial charge in [-0.3, -0.25) is 9.59 Å². The van der Waals surface area contributed by atoms with Crippen LogP contribution in [0.5, 0.6) is 0 Å². The molecule has 2 heterocycles. The molecular weight excluding hydrogens is 450 g/mol. The van der Waals surface area contributed by atoms with Gasteiger partial charge in [-0.2, -0.15) is 0 Å². The number of ether oxygens (including phenoxy) is 1. The SMILES string of the molecule is C/C1=C/C[C@@H](/C(C)=C/c2csc(C)n2)OC(=O)C[C@H](O)C(C)(C)C(=O)[C@H](C)[C@@H](O)/C(C)=C/CC1. The van der Waals surface area contributed by atoms with Gasteiger partial charge >= 0.3 is 5.97 Å². The summed E-state index contributed by atoms with van der Waals surface area (Å²) in [5.74, 6) is -1.56. The number of cyclic esters (lactones) is 1. The predicted octanol–water partition coefficient (Wildman–Crippen LogP) is 5.19. The number of aryl methyl sites for hydroxylation is 1. The number of aliphatic hydroxyl groups is 2. The molecule has 4 atom stereocenters. The molecule has 6 nitrogen and oxygen atoms in total. The van der Waals surface area contributed by atoms with Crippen molar-refractivity contribution < 1.29 is 24.5 Å². The zero-order valence-electron chi connectivity index (χ0n) is 21.4. The second kappa shape index (κ2) is 12.0. The van der Waals surface area contributed by atoms with Crippen molar-refractivity contribution in [1.29, 1.82) is 0 Å². The lowest BCUT2D eigenvalue weighted by atomic mass is 9.74. The van der Waals surface area contributed by atoms with Gasteiger partial charge in [0.05, 0.1) is 34.7 Å². The van der Waals surface area contributed by atoms with Crippen LogP contribution >= 0.6 is 11.3 Å². The van der Waals surface area contributed by atoms with Crippen LogP contribution in [0.4, 0.5) is 0 Å². The molecule has 1 aromatic heterocycles. The average Bonchev–Trinajstić information content (AvgIpc) is 3.18. The lowest BCUT2D eigenvalue weighted by Crippen LogP contribution is -2.44. The number of allylic oxidation sites excluding steroid dienone is 2. The summed E-state index contributed by atoms with van der Waals surface area (Å²) in [6, 6.07) is 0. The molecule has 188 valence electrons. The lowest BCUT2D eigenvalue weighted by Gasteiger charge is -2.33. The van der Waals surface area contributed by atoms with Gasteiger partial charge in [-0.25, -0.2) is 4.98 Å². The number of carbonyl (C=O) groups excluding carboxylic acids is 2. The topological polar surface area (TPSA) is 96.7 Å². The molecule has 2 N–H and O–H groups in total. The van der Waals surface area contributed by atoms with Crippen LogP contribution in [0.2, 0.25) is 0 Å². The van der Waals surface area contributed by atoms with E-state index in [1.807, 2.05) is 45.2 Å². The van der Waals surface area contributed by atoms with E-state index in [4.69, 9.17) is 4.74 Å². The number of esters is 1. The summed E-state index contributed by atoms with van der Waals surface area (Å²) < 4.78 is 5.80. The minimum Gasteiger partial charge on any atom is -0.457 e. The van der Waals surface area contributed by atoms with Gasteiger partial charge < -0.3 is 14.9 Å². The summed E-state index contributed by atoms with van der Waals surface area (Å²) in [5, 5.41) is 24.4. The van der Waals surface area contributed by atoms with Crippen LogP contribution in [-0.4, -0.2) is 45.3 Å². The third-order valence-electron chi connectivity index (χ3n) is 6.66. The monoisotopic (exact) mass is 489 g/mol. The highest BCUT2D eigenvalue weighted by Crippen LogP contribution is 2.31. The maximum absolute atomic E-state index is 13.1. The van der Waals surface area contributed by atoms with Crippen molar-refractivity contribution in [3.8, 4) is 0 Å². The predicted molar refractivity (Wildman–Crippen MR) is 136 cm³/mol. The van der Waals surface area contributed by atoms with Gasteiger partial charge in [-0.05, 0) is 57.8 Å². The van der Waals surface area contributed by atoms with Gasteiger partial charge in [0.2, 0.25) is 0 Å². The fraction of sp³-hybridized carbons (Fsp3) is 0.593. The Morgan fingerprint density at radius 3 is 2.50 bits per heavy atom. The van der Waals surface area contributed by atoms with E-state index in [1.54, 1.807) is 32.1 Å². The highest BCUT2D eigenvalue weighted by molar-refractivity contribution is 7.09. The molecule has 2 rings (SSSR count). The number of nitrogens with zero attached hydrogens (tertiary/aromatic N) is 1. The molecule has 0 spiro atoms. The van der Waals surface area contributed by atoms with Crippen molar-refractivity contribution in [2.75, 3.05) is 0 Å². The number of Topliss-reactive ketones (excluding diaryl/α,β-unsaturated/α-hetero) is 1. The minimum atomic E-state index is -1.23. The first kappa shape index (κ1) is 28.1. The van der Waals surface area contributed by atoms with E-state index in [2.05, 4.69) is 11.1 Å². The number of rotatable bonds is 2. The van der Waals surface area contributed by atoms with Crippen LogP contribution in [0.1, 0.15) is 77.9 Å². The maximum Gasteiger partial charge on any atom is 0.309 e. The molecule has 0 radical (unpaired) electrons. The van der Waals surface area contributed by atoms with Crippen molar-refractivity contribution in [3.63, 3.8) is 0 Å². The van der Waals surface area contributed by atoms with Crippen molar-refractivity contribution in [2.24, 2.45) is 11.3 Å². The number of aliphatic hydroxyl groups excluding tert-OH is 2. The van der Waals surface area contributed by atoms with Crippen LogP contribution in [0.25, 0.3) is 6.08 Å². The van der Waals surface area contributed by atoms with Crippen molar-refractivity contribution in [3.05, 3.63) is 45.0 Å². The number of hydrogen-bond donors (Lipinski definition) is 2. The summed E-state index contributed by atoms with van der Waals surface area (Å²) in [6.07, 6.45) is 5.01. The van der Waals surface area contributed by atoms with Gasteiger partial charge in [0.15, 0.2) is 0 Å². The molecule has 7 heteroatoms. The van der Waals surface area contributed by atoms with Crippen molar-refractivity contribution >= 4 is 29.2 Å². The first-order valence-corrected chi connectivity index (χ1v) is 12.7.